The summed E-state index contributed by atoms with van der Waals surface area (Å²) in [5, 5.41) is 8.91. The summed E-state index contributed by atoms with van der Waals surface area (Å²) < 4.78 is 11.3. The summed E-state index contributed by atoms with van der Waals surface area (Å²) in [6, 6.07) is 0. The Kier molecular flexibility index (Phi) is 3.02. The zero-order valence-corrected chi connectivity index (χ0v) is 11.0. The highest BCUT2D eigenvalue weighted by Gasteiger charge is 2.52. The number of nitrogens with zero attached hydrogens (tertiary/aromatic N) is 1. The molecule has 2 aliphatic heterocycles. The van der Waals surface area contributed by atoms with Crippen LogP contribution >= 0.6 is 0 Å². The van der Waals surface area contributed by atoms with Crippen LogP contribution in [-0.2, 0) is 19.1 Å². The number of aliphatic carboxylic acids is 1. The van der Waals surface area contributed by atoms with E-state index in [4.69, 9.17) is 14.6 Å². The quantitative estimate of drug-likeness (QED) is 0.770. The van der Waals surface area contributed by atoms with Crippen molar-refractivity contribution in [1.82, 2.24) is 4.90 Å². The molecule has 19 heavy (non-hydrogen) atoms. The van der Waals surface area contributed by atoms with Gasteiger partial charge in [-0.15, -0.1) is 0 Å². The smallest absolute Gasteiger partial charge is 0.307 e. The number of morpholine rings is 1. The largest absolute Gasteiger partial charge is 0.481 e. The van der Waals surface area contributed by atoms with E-state index >= 15 is 0 Å². The fourth-order valence-electron chi connectivity index (χ4n) is 3.17. The van der Waals surface area contributed by atoms with Gasteiger partial charge in [0.05, 0.1) is 31.1 Å². The number of ether oxygens (including phenoxy) is 2. The first-order valence-electron chi connectivity index (χ1n) is 6.78. The van der Waals surface area contributed by atoms with Gasteiger partial charge in [0.1, 0.15) is 5.60 Å². The van der Waals surface area contributed by atoms with E-state index in [0.717, 1.165) is 6.42 Å². The predicted molar refractivity (Wildman–Crippen MR) is 64.5 cm³/mol. The molecule has 0 radical (unpaired) electrons. The lowest BCUT2D eigenvalue weighted by Gasteiger charge is -2.43. The Hall–Kier alpha value is -1.14. The van der Waals surface area contributed by atoms with Crippen molar-refractivity contribution in [2.75, 3.05) is 26.3 Å². The normalized spacial score (nSPS) is 41.5. The molecule has 0 aromatic heterocycles. The predicted octanol–water partition coefficient (Wildman–Crippen LogP) is 0.114. The molecule has 2 heterocycles. The Bertz CT molecular complexity index is 404. The molecule has 106 valence electrons. The fraction of sp³-hybridized carbons (Fsp3) is 0.846. The highest BCUT2D eigenvalue weighted by Crippen LogP contribution is 2.41. The monoisotopic (exact) mass is 269 g/mol. The highest BCUT2D eigenvalue weighted by molar-refractivity contribution is 5.89. The van der Waals surface area contributed by atoms with Crippen LogP contribution in [0.25, 0.3) is 0 Å². The van der Waals surface area contributed by atoms with E-state index in [1.54, 1.807) is 4.90 Å². The van der Waals surface area contributed by atoms with Crippen molar-refractivity contribution in [2.45, 2.75) is 31.5 Å². The van der Waals surface area contributed by atoms with Gasteiger partial charge in [-0.25, -0.2) is 0 Å². The second kappa shape index (κ2) is 4.45. The molecule has 0 aromatic carbocycles. The van der Waals surface area contributed by atoms with Gasteiger partial charge < -0.3 is 19.5 Å². The number of rotatable bonds is 2. The number of carboxylic acids is 1. The minimum absolute atomic E-state index is 0.0265. The van der Waals surface area contributed by atoms with Gasteiger partial charge in [-0.1, -0.05) is 0 Å². The van der Waals surface area contributed by atoms with E-state index in [0.29, 0.717) is 32.7 Å². The maximum Gasteiger partial charge on any atom is 0.307 e. The van der Waals surface area contributed by atoms with Crippen LogP contribution in [-0.4, -0.2) is 59.9 Å². The standard InChI is InChI=1S/C13H19NO5/c1-8-5-14(6-13(19-8)2-3-18-7-13)11(15)9-4-10(9)12(16)17/h8-10H,2-7H2,1H3,(H,16,17). The van der Waals surface area contributed by atoms with Crippen LogP contribution in [0.15, 0.2) is 0 Å². The van der Waals surface area contributed by atoms with Crippen LogP contribution in [0.4, 0.5) is 0 Å². The van der Waals surface area contributed by atoms with E-state index in [1.807, 2.05) is 6.92 Å². The van der Waals surface area contributed by atoms with Crippen LogP contribution < -0.4 is 0 Å². The number of hydrogen-bond donors (Lipinski definition) is 1. The molecule has 6 nitrogen and oxygen atoms in total. The average molecular weight is 269 g/mol. The summed E-state index contributed by atoms with van der Waals surface area (Å²) in [6.45, 7) is 4.20. The summed E-state index contributed by atoms with van der Waals surface area (Å²) in [6.07, 6.45) is 1.25. The molecule has 6 heteroatoms. The Morgan fingerprint density at radius 3 is 2.74 bits per heavy atom. The summed E-state index contributed by atoms with van der Waals surface area (Å²) >= 11 is 0. The van der Waals surface area contributed by atoms with Crippen molar-refractivity contribution in [2.24, 2.45) is 11.8 Å². The third kappa shape index (κ3) is 2.34. The molecule has 1 spiro atoms. The minimum atomic E-state index is -0.862. The first kappa shape index (κ1) is 12.9. The second-order valence-electron chi connectivity index (χ2n) is 5.92. The van der Waals surface area contributed by atoms with E-state index in [-0.39, 0.29) is 23.5 Å². The third-order valence-corrected chi connectivity index (χ3v) is 4.21. The van der Waals surface area contributed by atoms with E-state index < -0.39 is 11.9 Å². The molecular weight excluding hydrogens is 250 g/mol. The Morgan fingerprint density at radius 1 is 1.37 bits per heavy atom. The summed E-state index contributed by atoms with van der Waals surface area (Å²) in [4.78, 5) is 25.0. The molecule has 3 fully saturated rings. The highest BCUT2D eigenvalue weighted by atomic mass is 16.6. The number of carbonyl (C=O) groups is 2. The van der Waals surface area contributed by atoms with Crippen LogP contribution in [0.5, 0.6) is 0 Å². The average Bonchev–Trinajstić information content (AvgIpc) is 3.04. The molecule has 0 bridgehead atoms. The number of carbonyl (C=O) groups excluding carboxylic acids is 1. The first-order chi connectivity index (χ1) is 9.01. The lowest BCUT2D eigenvalue weighted by atomic mass is 9.99. The van der Waals surface area contributed by atoms with Crippen LogP contribution in [0, 0.1) is 11.8 Å². The topological polar surface area (TPSA) is 76.1 Å². The van der Waals surface area contributed by atoms with Gasteiger partial charge in [0.15, 0.2) is 0 Å². The zero-order chi connectivity index (χ0) is 13.6. The number of carboxylic acid groups (broad SMARTS) is 1. The minimum Gasteiger partial charge on any atom is -0.481 e. The van der Waals surface area contributed by atoms with Crippen LogP contribution in [0.2, 0.25) is 0 Å². The Morgan fingerprint density at radius 2 is 2.16 bits per heavy atom. The SMILES string of the molecule is CC1CN(C(=O)C2CC2C(=O)O)CC2(CCOC2)O1. The summed E-state index contributed by atoms with van der Waals surface area (Å²) in [7, 11) is 0. The van der Waals surface area contributed by atoms with Crippen molar-refractivity contribution >= 4 is 11.9 Å². The molecule has 3 aliphatic rings. The second-order valence-corrected chi connectivity index (χ2v) is 5.92. The van der Waals surface area contributed by atoms with Gasteiger partial charge >= 0.3 is 5.97 Å². The summed E-state index contributed by atoms with van der Waals surface area (Å²) in [5.41, 5.74) is -0.374. The van der Waals surface area contributed by atoms with Crippen molar-refractivity contribution in [3.8, 4) is 0 Å². The van der Waals surface area contributed by atoms with Gasteiger partial charge in [-0.3, -0.25) is 9.59 Å². The molecular formula is C13H19NO5. The molecule has 1 saturated carbocycles. The Labute approximate surface area is 111 Å². The molecule has 4 unspecified atom stereocenters. The molecule has 4 atom stereocenters. The lowest BCUT2D eigenvalue weighted by Crippen LogP contribution is -2.57. The van der Waals surface area contributed by atoms with Gasteiger partial charge in [0.2, 0.25) is 5.91 Å². The molecule has 2 saturated heterocycles. The fourth-order valence-corrected chi connectivity index (χ4v) is 3.17. The van der Waals surface area contributed by atoms with Crippen molar-refractivity contribution in [1.29, 1.82) is 0 Å². The van der Waals surface area contributed by atoms with E-state index in [2.05, 4.69) is 0 Å². The lowest BCUT2D eigenvalue weighted by molar-refractivity contribution is -0.167. The van der Waals surface area contributed by atoms with E-state index in [1.165, 1.54) is 0 Å². The molecule has 1 amide bonds. The van der Waals surface area contributed by atoms with Crippen molar-refractivity contribution < 1.29 is 24.2 Å². The third-order valence-electron chi connectivity index (χ3n) is 4.21. The van der Waals surface area contributed by atoms with Crippen LogP contribution in [0.1, 0.15) is 19.8 Å². The maximum absolute atomic E-state index is 12.3. The molecule has 3 rings (SSSR count). The van der Waals surface area contributed by atoms with Crippen LogP contribution in [0.3, 0.4) is 0 Å². The molecule has 0 aromatic rings. The van der Waals surface area contributed by atoms with Gasteiger partial charge in [0, 0.05) is 19.6 Å². The van der Waals surface area contributed by atoms with Gasteiger partial charge in [-0.2, -0.15) is 0 Å². The van der Waals surface area contributed by atoms with Gasteiger partial charge in [0.25, 0.3) is 0 Å². The summed E-state index contributed by atoms with van der Waals surface area (Å²) in [5.74, 6) is -1.71. The first-order valence-corrected chi connectivity index (χ1v) is 6.78. The zero-order valence-electron chi connectivity index (χ0n) is 11.0. The maximum atomic E-state index is 12.3. The van der Waals surface area contributed by atoms with Crippen molar-refractivity contribution in [3.05, 3.63) is 0 Å². The van der Waals surface area contributed by atoms with E-state index in [9.17, 15) is 9.59 Å². The number of amides is 1. The van der Waals surface area contributed by atoms with Gasteiger partial charge in [-0.05, 0) is 13.3 Å². The Balaban J connectivity index is 1.67. The molecule has 1 aliphatic carbocycles. The molecule has 1 N–H and O–H groups in total. The van der Waals surface area contributed by atoms with Crippen molar-refractivity contribution in [3.63, 3.8) is 0 Å². The number of hydrogen-bond acceptors (Lipinski definition) is 4.